The highest BCUT2D eigenvalue weighted by Gasteiger charge is 1.99. The monoisotopic (exact) mass is 383 g/mol. The summed E-state index contributed by atoms with van der Waals surface area (Å²) in [6, 6.07) is 14.9. The fraction of sp³-hybridized carbons (Fsp3) is 0.364. The Bertz CT molecular complexity index is 745. The van der Waals surface area contributed by atoms with Crippen molar-refractivity contribution in [1.29, 1.82) is 0 Å². The molecule has 2 rings (SSSR count). The average molecular weight is 383 g/mol. The summed E-state index contributed by atoms with van der Waals surface area (Å²) in [5.41, 5.74) is 9.25. The summed E-state index contributed by atoms with van der Waals surface area (Å²) in [5, 5.41) is 3.72. The second-order valence-corrected chi connectivity index (χ2v) is 6.46. The number of hydrogen-bond donors (Lipinski definition) is 2. The number of ether oxygens (including phenoxy) is 2. The van der Waals surface area contributed by atoms with Crippen molar-refractivity contribution in [2.75, 3.05) is 13.2 Å². The van der Waals surface area contributed by atoms with Crippen molar-refractivity contribution in [3.05, 3.63) is 59.7 Å². The standard InChI is InChI=1S/C22H29N3O3/c1-2-3-4-5-7-18-10-12-20(13-11-18)27-14-15-28-21-9-6-8-19(16-21)17-24-25-22(23)26/h6,8-13,16-17H,2-5,7,14-15H2,1H3,(H3,23,25,26)/b24-17-. The highest BCUT2D eigenvalue weighted by Crippen LogP contribution is 2.15. The van der Waals surface area contributed by atoms with E-state index in [9.17, 15) is 4.79 Å². The topological polar surface area (TPSA) is 85.9 Å². The molecule has 0 aliphatic heterocycles. The number of carbonyl (C=O) groups excluding carboxylic acids is 1. The number of rotatable bonds is 12. The first-order valence-electron chi connectivity index (χ1n) is 9.70. The number of nitrogens with two attached hydrogens (primary N) is 1. The van der Waals surface area contributed by atoms with Crippen LogP contribution >= 0.6 is 0 Å². The smallest absolute Gasteiger partial charge is 0.332 e. The third-order valence-corrected chi connectivity index (χ3v) is 4.11. The Morgan fingerprint density at radius 2 is 1.79 bits per heavy atom. The molecule has 0 fully saturated rings. The molecule has 0 saturated heterocycles. The maximum absolute atomic E-state index is 10.6. The molecule has 0 aromatic heterocycles. The summed E-state index contributed by atoms with van der Waals surface area (Å²) in [6.45, 7) is 3.11. The van der Waals surface area contributed by atoms with E-state index >= 15 is 0 Å². The SMILES string of the molecule is CCCCCCc1ccc(OCCOc2cccc(/C=N\NC(N)=O)c2)cc1. The van der Waals surface area contributed by atoms with E-state index in [1.54, 1.807) is 0 Å². The largest absolute Gasteiger partial charge is 0.490 e. The Kier molecular flexibility index (Phi) is 9.41. The molecule has 0 spiro atoms. The van der Waals surface area contributed by atoms with Gasteiger partial charge < -0.3 is 15.2 Å². The van der Waals surface area contributed by atoms with Gasteiger partial charge in [0.05, 0.1) is 6.21 Å². The van der Waals surface area contributed by atoms with Crippen LogP contribution in [-0.4, -0.2) is 25.5 Å². The van der Waals surface area contributed by atoms with E-state index in [4.69, 9.17) is 15.2 Å². The van der Waals surface area contributed by atoms with Crippen LogP contribution in [0.25, 0.3) is 0 Å². The number of hydrazone groups is 1. The van der Waals surface area contributed by atoms with Gasteiger partial charge in [-0.15, -0.1) is 0 Å². The highest BCUT2D eigenvalue weighted by molar-refractivity contribution is 5.81. The van der Waals surface area contributed by atoms with E-state index < -0.39 is 6.03 Å². The van der Waals surface area contributed by atoms with E-state index in [0.29, 0.717) is 19.0 Å². The molecule has 0 atom stereocenters. The summed E-state index contributed by atoms with van der Waals surface area (Å²) in [5.74, 6) is 1.55. The minimum absolute atomic E-state index is 0.429. The lowest BCUT2D eigenvalue weighted by Crippen LogP contribution is -2.24. The predicted molar refractivity (Wildman–Crippen MR) is 112 cm³/mol. The number of primary amides is 1. The Morgan fingerprint density at radius 3 is 2.50 bits per heavy atom. The van der Waals surface area contributed by atoms with Gasteiger partial charge in [-0.25, -0.2) is 10.2 Å². The van der Waals surface area contributed by atoms with Crippen molar-refractivity contribution in [1.82, 2.24) is 5.43 Å². The molecule has 0 bridgehead atoms. The zero-order chi connectivity index (χ0) is 20.0. The lowest BCUT2D eigenvalue weighted by molar-refractivity contribution is 0.217. The minimum atomic E-state index is -0.703. The van der Waals surface area contributed by atoms with E-state index in [-0.39, 0.29) is 0 Å². The quantitative estimate of drug-likeness (QED) is 0.326. The first-order valence-corrected chi connectivity index (χ1v) is 9.70. The molecule has 0 saturated carbocycles. The Hall–Kier alpha value is -3.02. The highest BCUT2D eigenvalue weighted by atomic mass is 16.5. The fourth-order valence-corrected chi connectivity index (χ4v) is 2.68. The Morgan fingerprint density at radius 1 is 1.04 bits per heavy atom. The molecule has 2 aromatic rings. The third-order valence-electron chi connectivity index (χ3n) is 4.11. The third kappa shape index (κ3) is 8.58. The van der Waals surface area contributed by atoms with Gasteiger partial charge in [0.1, 0.15) is 24.7 Å². The van der Waals surface area contributed by atoms with E-state index in [0.717, 1.165) is 17.7 Å². The van der Waals surface area contributed by atoms with Crippen molar-refractivity contribution >= 4 is 12.2 Å². The van der Waals surface area contributed by atoms with Gasteiger partial charge >= 0.3 is 6.03 Å². The minimum Gasteiger partial charge on any atom is -0.490 e. The number of unbranched alkanes of at least 4 members (excludes halogenated alkanes) is 3. The van der Waals surface area contributed by atoms with Crippen LogP contribution in [0.1, 0.15) is 43.7 Å². The molecule has 0 radical (unpaired) electrons. The summed E-state index contributed by atoms with van der Waals surface area (Å²) in [6.07, 6.45) is 7.72. The first kappa shape index (κ1) is 21.3. The van der Waals surface area contributed by atoms with Gasteiger partial charge in [0.15, 0.2) is 0 Å². The lowest BCUT2D eigenvalue weighted by atomic mass is 10.1. The van der Waals surface area contributed by atoms with Crippen molar-refractivity contribution < 1.29 is 14.3 Å². The molecule has 150 valence electrons. The number of hydrogen-bond acceptors (Lipinski definition) is 4. The zero-order valence-electron chi connectivity index (χ0n) is 16.4. The molecule has 6 heteroatoms. The molecule has 2 aromatic carbocycles. The van der Waals surface area contributed by atoms with Gasteiger partial charge in [0.2, 0.25) is 0 Å². The molecule has 28 heavy (non-hydrogen) atoms. The van der Waals surface area contributed by atoms with Gasteiger partial charge in [0, 0.05) is 0 Å². The van der Waals surface area contributed by atoms with Gasteiger partial charge in [-0.05, 0) is 48.2 Å². The molecule has 0 unspecified atom stereocenters. The van der Waals surface area contributed by atoms with Crippen LogP contribution < -0.4 is 20.6 Å². The second-order valence-electron chi connectivity index (χ2n) is 6.46. The van der Waals surface area contributed by atoms with Crippen molar-refractivity contribution in [2.45, 2.75) is 39.0 Å². The predicted octanol–water partition coefficient (Wildman–Crippen LogP) is 4.27. The summed E-state index contributed by atoms with van der Waals surface area (Å²) in [7, 11) is 0. The van der Waals surface area contributed by atoms with Crippen LogP contribution in [0.15, 0.2) is 53.6 Å². The van der Waals surface area contributed by atoms with Crippen molar-refractivity contribution in [2.24, 2.45) is 10.8 Å². The molecule has 0 aliphatic rings. The molecule has 2 amide bonds. The second kappa shape index (κ2) is 12.4. The maximum Gasteiger partial charge on any atom is 0.332 e. The maximum atomic E-state index is 10.6. The van der Waals surface area contributed by atoms with Gasteiger partial charge in [-0.1, -0.05) is 50.5 Å². The summed E-state index contributed by atoms with van der Waals surface area (Å²) >= 11 is 0. The molecule has 0 aliphatic carbocycles. The average Bonchev–Trinajstić information content (AvgIpc) is 2.70. The fourth-order valence-electron chi connectivity index (χ4n) is 2.68. The number of amides is 2. The lowest BCUT2D eigenvalue weighted by Gasteiger charge is -2.09. The summed E-state index contributed by atoms with van der Waals surface area (Å²) in [4.78, 5) is 10.6. The van der Waals surface area contributed by atoms with E-state index in [2.05, 4.69) is 29.6 Å². The number of benzene rings is 2. The van der Waals surface area contributed by atoms with E-state index in [1.807, 2.05) is 36.4 Å². The van der Waals surface area contributed by atoms with Gasteiger partial charge in [0.25, 0.3) is 0 Å². The van der Waals surface area contributed by atoms with Gasteiger partial charge in [-0.3, -0.25) is 0 Å². The molecule has 3 N–H and O–H groups in total. The van der Waals surface area contributed by atoms with Crippen LogP contribution in [0.4, 0.5) is 4.79 Å². The molecule has 6 nitrogen and oxygen atoms in total. The number of carbonyl (C=O) groups is 1. The van der Waals surface area contributed by atoms with Gasteiger partial charge in [-0.2, -0.15) is 5.10 Å². The van der Waals surface area contributed by atoms with Crippen LogP contribution in [0.5, 0.6) is 11.5 Å². The number of aryl methyl sites for hydroxylation is 1. The van der Waals surface area contributed by atoms with Crippen LogP contribution in [-0.2, 0) is 6.42 Å². The van der Waals surface area contributed by atoms with Crippen LogP contribution in [0.3, 0.4) is 0 Å². The molecular formula is C22H29N3O3. The Labute approximate surface area is 166 Å². The molecule has 0 heterocycles. The van der Waals surface area contributed by atoms with Crippen molar-refractivity contribution in [3.63, 3.8) is 0 Å². The van der Waals surface area contributed by atoms with Crippen LogP contribution in [0, 0.1) is 0 Å². The number of nitrogens with zero attached hydrogens (tertiary/aromatic N) is 1. The van der Waals surface area contributed by atoms with Crippen LogP contribution in [0.2, 0.25) is 0 Å². The summed E-state index contributed by atoms with van der Waals surface area (Å²) < 4.78 is 11.4. The first-order chi connectivity index (χ1) is 13.7. The van der Waals surface area contributed by atoms with E-state index in [1.165, 1.54) is 37.5 Å². The van der Waals surface area contributed by atoms with Crippen molar-refractivity contribution in [3.8, 4) is 11.5 Å². The normalized spacial score (nSPS) is 10.8. The zero-order valence-corrected chi connectivity index (χ0v) is 16.4. The molecular weight excluding hydrogens is 354 g/mol. The Balaban J connectivity index is 1.69. The number of nitrogens with one attached hydrogen (secondary N) is 1. The number of urea groups is 1.